The molecule has 148 valence electrons. The summed E-state index contributed by atoms with van der Waals surface area (Å²) in [6.07, 6.45) is 0. The van der Waals surface area contributed by atoms with Crippen LogP contribution in [0.2, 0.25) is 0 Å². The largest absolute Gasteiger partial charge is 0.351 e. The molecule has 4 heterocycles. The number of hydrogen-bond acceptors (Lipinski definition) is 8. The van der Waals surface area contributed by atoms with E-state index in [-0.39, 0.29) is 11.7 Å². The van der Waals surface area contributed by atoms with Crippen LogP contribution in [0.3, 0.4) is 0 Å². The van der Waals surface area contributed by atoms with Crippen molar-refractivity contribution in [2.75, 3.05) is 5.32 Å². The zero-order valence-corrected chi connectivity index (χ0v) is 17.5. The minimum absolute atomic E-state index is 0.0386. The van der Waals surface area contributed by atoms with Gasteiger partial charge in [0.25, 0.3) is 11.7 Å². The van der Waals surface area contributed by atoms with Gasteiger partial charge in [0.2, 0.25) is 11.7 Å². The van der Waals surface area contributed by atoms with Crippen LogP contribution in [-0.2, 0) is 11.3 Å². The molecule has 4 aromatic heterocycles. The van der Waals surface area contributed by atoms with E-state index in [2.05, 4.69) is 30.7 Å². The maximum atomic E-state index is 12.5. The average Bonchev–Trinajstić information content (AvgIpc) is 3.38. The van der Waals surface area contributed by atoms with Crippen LogP contribution in [0.15, 0.2) is 23.6 Å². The lowest BCUT2D eigenvalue weighted by Crippen LogP contribution is -2.17. The molecule has 0 aromatic carbocycles. The van der Waals surface area contributed by atoms with Gasteiger partial charge in [-0.05, 0) is 32.0 Å². The monoisotopic (exact) mass is 427 g/mol. The van der Waals surface area contributed by atoms with Gasteiger partial charge in [0.15, 0.2) is 5.13 Å². The summed E-state index contributed by atoms with van der Waals surface area (Å²) in [6, 6.07) is 5.77. The first-order chi connectivity index (χ1) is 13.9. The standard InChI is InChI=1S/C18H17N7O2S2/c1-9-6-10(2)25-17(20-9)22-15(24-25)16(27)23-18-21-13(8-28-18)14-5-4-12(29-14)7-19-11(3)26/h4-6,8H,7H2,1-3H3,(H,19,26)(H,21,23,27). The van der Waals surface area contributed by atoms with Crippen molar-refractivity contribution in [2.45, 2.75) is 27.3 Å². The molecule has 2 amide bonds. The van der Waals surface area contributed by atoms with E-state index in [1.54, 1.807) is 11.3 Å². The van der Waals surface area contributed by atoms with Gasteiger partial charge in [-0.25, -0.2) is 14.5 Å². The second kappa shape index (κ2) is 7.68. The topological polar surface area (TPSA) is 114 Å². The molecule has 0 radical (unpaired) electrons. The Labute approximate surface area is 173 Å². The lowest BCUT2D eigenvalue weighted by atomic mass is 10.3. The van der Waals surface area contributed by atoms with Gasteiger partial charge in [-0.3, -0.25) is 14.9 Å². The molecule has 4 aromatic rings. The van der Waals surface area contributed by atoms with Gasteiger partial charge in [0.1, 0.15) is 0 Å². The number of amides is 2. The van der Waals surface area contributed by atoms with Gasteiger partial charge in [0, 0.05) is 28.6 Å². The van der Waals surface area contributed by atoms with Gasteiger partial charge in [0.05, 0.1) is 17.1 Å². The van der Waals surface area contributed by atoms with E-state index in [4.69, 9.17) is 0 Å². The smallest absolute Gasteiger partial charge is 0.297 e. The molecule has 0 spiro atoms. The number of anilines is 1. The van der Waals surface area contributed by atoms with E-state index in [0.29, 0.717) is 17.5 Å². The minimum Gasteiger partial charge on any atom is -0.351 e. The van der Waals surface area contributed by atoms with Gasteiger partial charge >= 0.3 is 0 Å². The van der Waals surface area contributed by atoms with Crippen molar-refractivity contribution in [3.05, 3.63) is 45.7 Å². The molecular formula is C18H17N7O2S2. The third kappa shape index (κ3) is 4.15. The Balaban J connectivity index is 1.48. The predicted molar refractivity (Wildman–Crippen MR) is 111 cm³/mol. The predicted octanol–water partition coefficient (Wildman–Crippen LogP) is 2.81. The highest BCUT2D eigenvalue weighted by Crippen LogP contribution is 2.30. The number of nitrogens with one attached hydrogen (secondary N) is 2. The molecule has 0 aliphatic carbocycles. The number of carbonyl (C=O) groups excluding carboxylic acids is 2. The number of fused-ring (bicyclic) bond motifs is 1. The van der Waals surface area contributed by atoms with Crippen LogP contribution in [0, 0.1) is 13.8 Å². The molecule has 4 rings (SSSR count). The Kier molecular flexibility index (Phi) is 5.07. The van der Waals surface area contributed by atoms with Gasteiger partial charge < -0.3 is 5.32 Å². The van der Waals surface area contributed by atoms with E-state index in [1.807, 2.05) is 37.4 Å². The second-order valence-electron chi connectivity index (χ2n) is 6.35. The molecule has 0 aliphatic heterocycles. The van der Waals surface area contributed by atoms with Crippen molar-refractivity contribution >= 4 is 45.4 Å². The molecule has 0 bridgehead atoms. The Bertz CT molecular complexity index is 1220. The normalized spacial score (nSPS) is 11.0. The summed E-state index contributed by atoms with van der Waals surface area (Å²) in [7, 11) is 0. The summed E-state index contributed by atoms with van der Waals surface area (Å²) in [5, 5.41) is 12.1. The number of carbonyl (C=O) groups is 2. The number of aromatic nitrogens is 5. The Morgan fingerprint density at radius 3 is 2.79 bits per heavy atom. The third-order valence-electron chi connectivity index (χ3n) is 3.97. The van der Waals surface area contributed by atoms with Crippen LogP contribution in [0.25, 0.3) is 16.3 Å². The van der Waals surface area contributed by atoms with Crippen molar-refractivity contribution in [3.8, 4) is 10.6 Å². The molecule has 0 unspecified atom stereocenters. The van der Waals surface area contributed by atoms with Crippen LogP contribution in [0.5, 0.6) is 0 Å². The van der Waals surface area contributed by atoms with Gasteiger partial charge in [-0.2, -0.15) is 4.98 Å². The van der Waals surface area contributed by atoms with Crippen molar-refractivity contribution in [3.63, 3.8) is 0 Å². The molecule has 9 nitrogen and oxygen atoms in total. The maximum Gasteiger partial charge on any atom is 0.297 e. The lowest BCUT2D eigenvalue weighted by molar-refractivity contribution is -0.119. The quantitative estimate of drug-likeness (QED) is 0.506. The summed E-state index contributed by atoms with van der Waals surface area (Å²) in [6.45, 7) is 5.72. The SMILES string of the molecule is CC(=O)NCc1ccc(-c2csc(NC(=O)c3nc4nc(C)cc(C)n4n3)n2)s1. The molecule has 0 saturated carbocycles. The average molecular weight is 428 g/mol. The Hall–Kier alpha value is -3.18. The molecule has 29 heavy (non-hydrogen) atoms. The van der Waals surface area contributed by atoms with Crippen LogP contribution >= 0.6 is 22.7 Å². The highest BCUT2D eigenvalue weighted by molar-refractivity contribution is 7.17. The first kappa shape index (κ1) is 19.2. The fourth-order valence-electron chi connectivity index (χ4n) is 2.68. The Morgan fingerprint density at radius 1 is 1.17 bits per heavy atom. The summed E-state index contributed by atoms with van der Waals surface area (Å²) in [5.41, 5.74) is 2.43. The molecular weight excluding hydrogens is 410 g/mol. The molecule has 0 saturated heterocycles. The molecule has 2 N–H and O–H groups in total. The summed E-state index contributed by atoms with van der Waals surface area (Å²) < 4.78 is 1.54. The number of rotatable bonds is 5. The van der Waals surface area contributed by atoms with E-state index < -0.39 is 5.91 Å². The van der Waals surface area contributed by atoms with E-state index in [9.17, 15) is 9.59 Å². The molecule has 0 fully saturated rings. The van der Waals surface area contributed by atoms with Gasteiger partial charge in [-0.15, -0.1) is 27.8 Å². The second-order valence-corrected chi connectivity index (χ2v) is 8.38. The number of nitrogens with zero attached hydrogens (tertiary/aromatic N) is 5. The molecule has 11 heteroatoms. The van der Waals surface area contributed by atoms with Crippen LogP contribution in [0.1, 0.15) is 33.8 Å². The minimum atomic E-state index is -0.439. The molecule has 0 atom stereocenters. The first-order valence-electron chi connectivity index (χ1n) is 8.70. The number of thiazole rings is 1. The summed E-state index contributed by atoms with van der Waals surface area (Å²) >= 11 is 2.87. The number of aryl methyl sites for hydroxylation is 2. The summed E-state index contributed by atoms with van der Waals surface area (Å²) in [4.78, 5) is 38.5. The van der Waals surface area contributed by atoms with Gasteiger partial charge in [-0.1, -0.05) is 0 Å². The maximum absolute atomic E-state index is 12.5. The molecule has 0 aliphatic rings. The van der Waals surface area contributed by atoms with E-state index in [1.165, 1.54) is 22.8 Å². The third-order valence-corrected chi connectivity index (χ3v) is 5.84. The highest BCUT2D eigenvalue weighted by atomic mass is 32.1. The Morgan fingerprint density at radius 2 is 2.00 bits per heavy atom. The first-order valence-corrected chi connectivity index (χ1v) is 10.4. The zero-order chi connectivity index (χ0) is 20.5. The lowest BCUT2D eigenvalue weighted by Gasteiger charge is -1.97. The van der Waals surface area contributed by atoms with Crippen LogP contribution < -0.4 is 10.6 Å². The fraction of sp³-hybridized carbons (Fsp3) is 0.222. The van der Waals surface area contributed by atoms with Crippen molar-refractivity contribution < 1.29 is 9.59 Å². The van der Waals surface area contributed by atoms with Crippen LogP contribution in [0.4, 0.5) is 5.13 Å². The van der Waals surface area contributed by atoms with Crippen LogP contribution in [-0.4, -0.2) is 36.4 Å². The zero-order valence-electron chi connectivity index (χ0n) is 15.9. The van der Waals surface area contributed by atoms with E-state index in [0.717, 1.165) is 26.8 Å². The summed E-state index contributed by atoms with van der Waals surface area (Å²) in [5.74, 6) is -0.0832. The van der Waals surface area contributed by atoms with Crippen molar-refractivity contribution in [2.24, 2.45) is 0 Å². The fourth-order valence-corrected chi connectivity index (χ4v) is 4.37. The highest BCUT2D eigenvalue weighted by Gasteiger charge is 2.17. The van der Waals surface area contributed by atoms with Crippen molar-refractivity contribution in [1.29, 1.82) is 0 Å². The number of thiophene rings is 1. The number of hydrogen-bond donors (Lipinski definition) is 2. The van der Waals surface area contributed by atoms with Crippen molar-refractivity contribution in [1.82, 2.24) is 29.9 Å². The van der Waals surface area contributed by atoms with E-state index >= 15 is 0 Å².